The molecule has 2 atom stereocenters. The van der Waals surface area contributed by atoms with Crippen molar-refractivity contribution >= 4 is 11.7 Å². The van der Waals surface area contributed by atoms with Crippen LogP contribution in [-0.4, -0.2) is 30.3 Å². The average Bonchev–Trinajstić information content (AvgIpc) is 2.82. The Hall–Kier alpha value is -3.47. The van der Waals surface area contributed by atoms with Crippen LogP contribution in [-0.2, 0) is 17.8 Å². The number of anilines is 1. The van der Waals surface area contributed by atoms with E-state index in [1.54, 1.807) is 0 Å². The highest BCUT2D eigenvalue weighted by Crippen LogP contribution is 2.34. The number of carboxylic acids is 1. The van der Waals surface area contributed by atoms with E-state index in [1.807, 2.05) is 55.5 Å². The van der Waals surface area contributed by atoms with E-state index in [1.165, 1.54) is 5.56 Å². The number of carbonyl (C=O) groups is 1. The first-order chi connectivity index (χ1) is 15.6. The highest BCUT2D eigenvalue weighted by molar-refractivity contribution is 5.70. The van der Waals surface area contributed by atoms with Crippen LogP contribution in [0.2, 0.25) is 0 Å². The van der Waals surface area contributed by atoms with Crippen molar-refractivity contribution in [2.75, 3.05) is 18.1 Å². The molecule has 0 spiro atoms. The molecule has 1 aliphatic heterocycles. The Morgan fingerprint density at radius 1 is 1.03 bits per heavy atom. The van der Waals surface area contributed by atoms with Gasteiger partial charge in [-0.3, -0.25) is 4.79 Å². The van der Waals surface area contributed by atoms with Gasteiger partial charge in [0.2, 0.25) is 0 Å². The van der Waals surface area contributed by atoms with Crippen LogP contribution in [0.5, 0.6) is 11.5 Å². The fourth-order valence-corrected chi connectivity index (χ4v) is 4.02. The maximum Gasteiger partial charge on any atom is 0.306 e. The van der Waals surface area contributed by atoms with Crippen LogP contribution in [0.4, 0.5) is 5.69 Å². The monoisotopic (exact) mass is 431 g/mol. The SMILES string of the molecule is CCC(Cc1ccc(OCC2CN(Cc3ccccc3)c3ccccc3O2)cc1)C(=O)O. The molecule has 1 heterocycles. The van der Waals surface area contributed by atoms with Crippen LogP contribution < -0.4 is 14.4 Å². The van der Waals surface area contributed by atoms with Crippen LogP contribution in [0.1, 0.15) is 24.5 Å². The maximum atomic E-state index is 11.3. The summed E-state index contributed by atoms with van der Waals surface area (Å²) < 4.78 is 12.2. The summed E-state index contributed by atoms with van der Waals surface area (Å²) in [6, 6.07) is 26.2. The molecule has 2 unspecified atom stereocenters. The molecule has 5 heteroatoms. The van der Waals surface area contributed by atoms with Crippen LogP contribution in [0.25, 0.3) is 0 Å². The summed E-state index contributed by atoms with van der Waals surface area (Å²) in [6.07, 6.45) is 1.06. The topological polar surface area (TPSA) is 59.0 Å². The predicted octanol–water partition coefficient (Wildman–Crippen LogP) is 5.19. The average molecular weight is 432 g/mol. The molecule has 166 valence electrons. The van der Waals surface area contributed by atoms with Gasteiger partial charge < -0.3 is 19.5 Å². The molecular weight excluding hydrogens is 402 g/mol. The molecule has 3 aromatic carbocycles. The van der Waals surface area contributed by atoms with E-state index in [9.17, 15) is 9.90 Å². The number of fused-ring (bicyclic) bond motifs is 1. The zero-order valence-electron chi connectivity index (χ0n) is 18.3. The molecule has 32 heavy (non-hydrogen) atoms. The van der Waals surface area contributed by atoms with Gasteiger partial charge in [-0.2, -0.15) is 0 Å². The van der Waals surface area contributed by atoms with Crippen LogP contribution in [0.15, 0.2) is 78.9 Å². The second-order valence-corrected chi connectivity index (χ2v) is 8.18. The fraction of sp³-hybridized carbons (Fsp3) is 0.296. The Kier molecular flexibility index (Phi) is 6.95. The predicted molar refractivity (Wildman–Crippen MR) is 125 cm³/mol. The lowest BCUT2D eigenvalue weighted by molar-refractivity contribution is -0.141. The van der Waals surface area contributed by atoms with Crippen molar-refractivity contribution in [2.45, 2.75) is 32.4 Å². The number of aliphatic carboxylic acids is 1. The molecule has 0 saturated carbocycles. The molecule has 1 aliphatic rings. The van der Waals surface area contributed by atoms with E-state index < -0.39 is 5.97 Å². The molecule has 0 saturated heterocycles. The summed E-state index contributed by atoms with van der Waals surface area (Å²) in [5.74, 6) is 0.530. The Labute approximate surface area is 189 Å². The Balaban J connectivity index is 1.38. The quantitative estimate of drug-likeness (QED) is 0.505. The zero-order valence-corrected chi connectivity index (χ0v) is 18.3. The van der Waals surface area contributed by atoms with Gasteiger partial charge in [0.15, 0.2) is 6.10 Å². The molecule has 0 aromatic heterocycles. The molecule has 1 N–H and O–H groups in total. The number of carboxylic acid groups (broad SMARTS) is 1. The smallest absolute Gasteiger partial charge is 0.306 e. The van der Waals surface area contributed by atoms with Crippen molar-refractivity contribution in [3.8, 4) is 11.5 Å². The number of rotatable bonds is 9. The number of ether oxygens (including phenoxy) is 2. The van der Waals surface area contributed by atoms with Crippen molar-refractivity contribution in [3.63, 3.8) is 0 Å². The first-order valence-electron chi connectivity index (χ1n) is 11.1. The third-order valence-corrected chi connectivity index (χ3v) is 5.82. The van der Waals surface area contributed by atoms with Crippen molar-refractivity contribution in [3.05, 3.63) is 90.0 Å². The highest BCUT2D eigenvalue weighted by Gasteiger charge is 2.26. The van der Waals surface area contributed by atoms with E-state index in [0.717, 1.165) is 35.8 Å². The number of nitrogens with zero attached hydrogens (tertiary/aromatic N) is 1. The largest absolute Gasteiger partial charge is 0.490 e. The minimum Gasteiger partial charge on any atom is -0.490 e. The van der Waals surface area contributed by atoms with E-state index in [-0.39, 0.29) is 12.0 Å². The van der Waals surface area contributed by atoms with E-state index in [4.69, 9.17) is 9.47 Å². The minimum absolute atomic E-state index is 0.0928. The third-order valence-electron chi connectivity index (χ3n) is 5.82. The second kappa shape index (κ2) is 10.2. The van der Waals surface area contributed by atoms with Gasteiger partial charge in [0.05, 0.1) is 18.2 Å². The Bertz CT molecular complexity index is 1020. The first kappa shape index (κ1) is 21.8. The van der Waals surface area contributed by atoms with Gasteiger partial charge in [0.1, 0.15) is 18.1 Å². The number of para-hydroxylation sites is 2. The van der Waals surface area contributed by atoms with Crippen molar-refractivity contribution in [2.24, 2.45) is 5.92 Å². The number of hydrogen-bond donors (Lipinski definition) is 1. The number of hydrogen-bond acceptors (Lipinski definition) is 4. The normalized spacial score (nSPS) is 16.0. The van der Waals surface area contributed by atoms with Gasteiger partial charge in [-0.25, -0.2) is 0 Å². The molecule has 0 aliphatic carbocycles. The Morgan fingerprint density at radius 2 is 1.75 bits per heavy atom. The summed E-state index contributed by atoms with van der Waals surface area (Å²) in [5, 5.41) is 9.26. The number of benzene rings is 3. The molecule has 0 bridgehead atoms. The van der Waals surface area contributed by atoms with Gasteiger partial charge in [-0.15, -0.1) is 0 Å². The summed E-state index contributed by atoms with van der Waals surface area (Å²) in [7, 11) is 0. The van der Waals surface area contributed by atoms with E-state index in [0.29, 0.717) is 19.4 Å². The lowest BCUT2D eigenvalue weighted by Gasteiger charge is -2.36. The van der Waals surface area contributed by atoms with Crippen molar-refractivity contribution < 1.29 is 19.4 Å². The van der Waals surface area contributed by atoms with Crippen molar-refractivity contribution in [1.29, 1.82) is 0 Å². The van der Waals surface area contributed by atoms with Crippen LogP contribution in [0, 0.1) is 5.92 Å². The lowest BCUT2D eigenvalue weighted by Crippen LogP contribution is -2.42. The van der Waals surface area contributed by atoms with E-state index in [2.05, 4.69) is 35.2 Å². The first-order valence-corrected chi connectivity index (χ1v) is 11.1. The molecule has 3 aromatic rings. The summed E-state index contributed by atoms with van der Waals surface area (Å²) in [6.45, 7) is 3.89. The van der Waals surface area contributed by atoms with Crippen LogP contribution in [0.3, 0.4) is 0 Å². The maximum absolute atomic E-state index is 11.3. The summed E-state index contributed by atoms with van der Waals surface area (Å²) in [5.41, 5.74) is 3.36. The molecule has 0 radical (unpaired) electrons. The minimum atomic E-state index is -0.748. The van der Waals surface area contributed by atoms with Crippen molar-refractivity contribution in [1.82, 2.24) is 0 Å². The zero-order chi connectivity index (χ0) is 22.3. The van der Waals surface area contributed by atoms with Gasteiger partial charge in [0.25, 0.3) is 0 Å². The van der Waals surface area contributed by atoms with Crippen LogP contribution >= 0.6 is 0 Å². The molecular formula is C27H29NO4. The molecule has 4 rings (SSSR count). The third kappa shape index (κ3) is 5.41. The standard InChI is InChI=1S/C27H29NO4/c1-2-22(27(29)30)16-20-12-14-23(15-13-20)31-19-24-18-28(17-21-8-4-3-5-9-21)25-10-6-7-11-26(25)32-24/h3-15,22,24H,2,16-19H2,1H3,(H,29,30). The second-order valence-electron chi connectivity index (χ2n) is 8.18. The summed E-state index contributed by atoms with van der Waals surface area (Å²) >= 11 is 0. The van der Waals surface area contributed by atoms with Gasteiger partial charge >= 0.3 is 5.97 Å². The van der Waals surface area contributed by atoms with Gasteiger partial charge in [0, 0.05) is 6.54 Å². The molecule has 5 nitrogen and oxygen atoms in total. The summed E-state index contributed by atoms with van der Waals surface area (Å²) in [4.78, 5) is 13.6. The molecule has 0 amide bonds. The van der Waals surface area contributed by atoms with E-state index >= 15 is 0 Å². The van der Waals surface area contributed by atoms with Gasteiger partial charge in [-0.1, -0.05) is 61.5 Å². The lowest BCUT2D eigenvalue weighted by atomic mass is 9.97. The Morgan fingerprint density at radius 3 is 2.47 bits per heavy atom. The highest BCUT2D eigenvalue weighted by atomic mass is 16.5. The molecule has 0 fully saturated rings. The van der Waals surface area contributed by atoms with Gasteiger partial charge in [-0.05, 0) is 48.2 Å². The fourth-order valence-electron chi connectivity index (χ4n) is 4.02.